The van der Waals surface area contributed by atoms with Crippen molar-refractivity contribution >= 4 is 11.8 Å². The minimum atomic E-state index is 0.401. The molecule has 0 unspecified atom stereocenters. The highest BCUT2D eigenvalue weighted by molar-refractivity contribution is 5.55. The summed E-state index contributed by atoms with van der Waals surface area (Å²) in [6, 6.07) is 12.1. The SMILES string of the molecule is CC[C@H](C)Nc1nc(C2CC2)cc(N2C[C@H]3C[C@H]2c2ccccc23)n1. The smallest absolute Gasteiger partial charge is 0.225 e. The van der Waals surface area contributed by atoms with Gasteiger partial charge in [0.15, 0.2) is 0 Å². The van der Waals surface area contributed by atoms with Crippen LogP contribution in [0.3, 0.4) is 0 Å². The molecular formula is C21H26N4. The normalized spacial score (nSPS) is 25.1. The average molecular weight is 334 g/mol. The second-order valence-electron chi connectivity index (χ2n) is 7.93. The second-order valence-corrected chi connectivity index (χ2v) is 7.93. The first-order chi connectivity index (χ1) is 12.2. The quantitative estimate of drug-likeness (QED) is 0.867. The summed E-state index contributed by atoms with van der Waals surface area (Å²) in [5.41, 5.74) is 4.28. The molecule has 3 aliphatic rings. The predicted molar refractivity (Wildman–Crippen MR) is 101 cm³/mol. The lowest BCUT2D eigenvalue weighted by atomic mass is 9.99. The van der Waals surface area contributed by atoms with Crippen LogP contribution in [0.25, 0.3) is 0 Å². The van der Waals surface area contributed by atoms with E-state index in [1.54, 1.807) is 5.56 Å². The van der Waals surface area contributed by atoms with Gasteiger partial charge in [0.1, 0.15) is 5.82 Å². The number of benzene rings is 1. The molecule has 4 nitrogen and oxygen atoms in total. The number of anilines is 2. The lowest BCUT2D eigenvalue weighted by molar-refractivity contribution is 0.719. The zero-order valence-corrected chi connectivity index (χ0v) is 15.1. The van der Waals surface area contributed by atoms with Gasteiger partial charge >= 0.3 is 0 Å². The van der Waals surface area contributed by atoms with E-state index in [-0.39, 0.29) is 0 Å². The molecule has 2 aliphatic carbocycles. The molecule has 1 N–H and O–H groups in total. The Morgan fingerprint density at radius 1 is 1.16 bits per heavy atom. The van der Waals surface area contributed by atoms with Crippen molar-refractivity contribution in [1.29, 1.82) is 0 Å². The number of nitrogens with one attached hydrogen (secondary N) is 1. The molecular weight excluding hydrogens is 308 g/mol. The zero-order chi connectivity index (χ0) is 17.0. The van der Waals surface area contributed by atoms with Gasteiger partial charge in [-0.25, -0.2) is 4.98 Å². The monoisotopic (exact) mass is 334 g/mol. The first-order valence-electron chi connectivity index (χ1n) is 9.74. The van der Waals surface area contributed by atoms with Gasteiger partial charge in [-0.2, -0.15) is 4.98 Å². The molecule has 2 bridgehead atoms. The number of hydrogen-bond acceptors (Lipinski definition) is 4. The highest BCUT2D eigenvalue weighted by atomic mass is 15.3. The van der Waals surface area contributed by atoms with Gasteiger partial charge in [-0.15, -0.1) is 0 Å². The summed E-state index contributed by atoms with van der Waals surface area (Å²) < 4.78 is 0. The van der Waals surface area contributed by atoms with Crippen LogP contribution in [-0.2, 0) is 0 Å². The van der Waals surface area contributed by atoms with Crippen LogP contribution in [0.2, 0.25) is 0 Å². The molecule has 0 radical (unpaired) electrons. The van der Waals surface area contributed by atoms with E-state index in [2.05, 4.69) is 54.4 Å². The molecule has 1 aliphatic heterocycles. The van der Waals surface area contributed by atoms with Crippen molar-refractivity contribution < 1.29 is 0 Å². The zero-order valence-electron chi connectivity index (χ0n) is 15.1. The molecule has 2 aromatic rings. The molecule has 5 rings (SSSR count). The fourth-order valence-corrected chi connectivity index (χ4v) is 4.37. The van der Waals surface area contributed by atoms with E-state index in [9.17, 15) is 0 Å². The molecule has 0 amide bonds. The largest absolute Gasteiger partial charge is 0.352 e. The van der Waals surface area contributed by atoms with Gasteiger partial charge in [-0.1, -0.05) is 31.2 Å². The van der Waals surface area contributed by atoms with Crippen LogP contribution in [-0.4, -0.2) is 22.6 Å². The second kappa shape index (κ2) is 5.72. The Balaban J connectivity index is 1.50. The standard InChI is InChI=1S/C21H26N4/c1-3-13(2)22-21-23-18(14-8-9-14)11-20(24-21)25-12-15-10-19(25)17-7-5-4-6-16(15)17/h4-7,11,13-15,19H,3,8-10,12H2,1-2H3,(H,22,23,24)/t13-,15+,19-/m0/s1. The van der Waals surface area contributed by atoms with Crippen LogP contribution in [0.15, 0.2) is 30.3 Å². The summed E-state index contributed by atoms with van der Waals surface area (Å²) in [6.45, 7) is 5.48. The molecule has 2 heterocycles. The van der Waals surface area contributed by atoms with Crippen LogP contribution in [0, 0.1) is 0 Å². The topological polar surface area (TPSA) is 41.1 Å². The molecule has 1 saturated heterocycles. The first kappa shape index (κ1) is 15.2. The lowest BCUT2D eigenvalue weighted by Crippen LogP contribution is -2.28. The van der Waals surface area contributed by atoms with E-state index in [4.69, 9.17) is 9.97 Å². The molecule has 0 spiro atoms. The average Bonchev–Trinajstić information content (AvgIpc) is 3.32. The summed E-state index contributed by atoms with van der Waals surface area (Å²) in [4.78, 5) is 12.2. The summed E-state index contributed by atoms with van der Waals surface area (Å²) in [5, 5.41) is 3.49. The van der Waals surface area contributed by atoms with E-state index in [0.29, 0.717) is 23.9 Å². The Morgan fingerprint density at radius 2 is 1.96 bits per heavy atom. The van der Waals surface area contributed by atoms with Gasteiger partial charge < -0.3 is 10.2 Å². The van der Waals surface area contributed by atoms with Crippen molar-refractivity contribution in [1.82, 2.24) is 9.97 Å². The van der Waals surface area contributed by atoms with Gasteiger partial charge in [0.25, 0.3) is 0 Å². The maximum Gasteiger partial charge on any atom is 0.225 e. The third-order valence-corrected chi connectivity index (χ3v) is 6.11. The van der Waals surface area contributed by atoms with Gasteiger partial charge in [-0.05, 0) is 43.7 Å². The number of fused-ring (bicyclic) bond motifs is 5. The molecule has 1 saturated carbocycles. The van der Waals surface area contributed by atoms with Crippen LogP contribution >= 0.6 is 0 Å². The lowest BCUT2D eigenvalue weighted by Gasteiger charge is -2.30. The van der Waals surface area contributed by atoms with Crippen molar-refractivity contribution in [2.75, 3.05) is 16.8 Å². The summed E-state index contributed by atoms with van der Waals surface area (Å²) >= 11 is 0. The van der Waals surface area contributed by atoms with E-state index >= 15 is 0 Å². The Morgan fingerprint density at radius 3 is 2.72 bits per heavy atom. The maximum absolute atomic E-state index is 4.91. The fourth-order valence-electron chi connectivity index (χ4n) is 4.37. The van der Waals surface area contributed by atoms with E-state index < -0.39 is 0 Å². The first-order valence-corrected chi connectivity index (χ1v) is 9.74. The van der Waals surface area contributed by atoms with E-state index in [1.165, 1.54) is 30.5 Å². The van der Waals surface area contributed by atoms with Gasteiger partial charge in [0.2, 0.25) is 5.95 Å². The minimum absolute atomic E-state index is 0.401. The Bertz CT molecular complexity index is 798. The summed E-state index contributed by atoms with van der Waals surface area (Å²) in [5.74, 6) is 3.23. The summed E-state index contributed by atoms with van der Waals surface area (Å²) in [7, 11) is 0. The third-order valence-electron chi connectivity index (χ3n) is 6.11. The van der Waals surface area contributed by atoms with Crippen LogP contribution < -0.4 is 10.2 Å². The van der Waals surface area contributed by atoms with Gasteiger partial charge in [0, 0.05) is 30.5 Å². The molecule has 25 heavy (non-hydrogen) atoms. The van der Waals surface area contributed by atoms with Crippen molar-refractivity contribution in [2.24, 2.45) is 0 Å². The molecule has 4 heteroatoms. The van der Waals surface area contributed by atoms with Crippen LogP contribution in [0.1, 0.15) is 74.2 Å². The van der Waals surface area contributed by atoms with Crippen LogP contribution in [0.5, 0.6) is 0 Å². The Kier molecular flexibility index (Phi) is 3.47. The number of nitrogens with zero attached hydrogens (tertiary/aromatic N) is 3. The predicted octanol–water partition coefficient (Wildman–Crippen LogP) is 4.61. The Hall–Kier alpha value is -2.10. The highest BCUT2D eigenvalue weighted by Crippen LogP contribution is 2.51. The molecule has 1 aromatic carbocycles. The van der Waals surface area contributed by atoms with E-state index in [0.717, 1.165) is 24.7 Å². The molecule has 3 atom stereocenters. The summed E-state index contributed by atoms with van der Waals surface area (Å²) in [6.07, 6.45) is 4.85. The van der Waals surface area contributed by atoms with Gasteiger partial charge in [0.05, 0.1) is 11.7 Å². The molecule has 2 fully saturated rings. The van der Waals surface area contributed by atoms with Crippen LogP contribution in [0.4, 0.5) is 11.8 Å². The number of rotatable bonds is 5. The number of aromatic nitrogens is 2. The third kappa shape index (κ3) is 2.59. The molecule has 1 aromatic heterocycles. The van der Waals surface area contributed by atoms with Gasteiger partial charge in [-0.3, -0.25) is 0 Å². The highest BCUT2D eigenvalue weighted by Gasteiger charge is 2.43. The maximum atomic E-state index is 4.91. The number of hydrogen-bond donors (Lipinski definition) is 1. The fraction of sp³-hybridized carbons (Fsp3) is 0.524. The Labute approximate surface area is 149 Å². The van der Waals surface area contributed by atoms with E-state index in [1.807, 2.05) is 0 Å². The van der Waals surface area contributed by atoms with Crippen molar-refractivity contribution in [3.63, 3.8) is 0 Å². The van der Waals surface area contributed by atoms with Crippen molar-refractivity contribution in [3.8, 4) is 0 Å². The van der Waals surface area contributed by atoms with Crippen molar-refractivity contribution in [2.45, 2.75) is 63.5 Å². The molecule has 130 valence electrons. The minimum Gasteiger partial charge on any atom is -0.352 e. The van der Waals surface area contributed by atoms with Crippen molar-refractivity contribution in [3.05, 3.63) is 47.2 Å².